The number of hydrogen-bond acceptors (Lipinski definition) is 5. The summed E-state index contributed by atoms with van der Waals surface area (Å²) >= 11 is 5.95. The third-order valence-corrected chi connectivity index (χ3v) is 3.78. The van der Waals surface area contributed by atoms with Gasteiger partial charge in [-0.05, 0) is 31.5 Å². The number of carbonyl (C=O) groups excluding carboxylic acids is 1. The number of carbonyl (C=O) groups is 1. The summed E-state index contributed by atoms with van der Waals surface area (Å²) in [7, 11) is 0. The number of esters is 1. The van der Waals surface area contributed by atoms with Crippen LogP contribution in [-0.2, 0) is 9.53 Å². The Labute approximate surface area is 139 Å². The summed E-state index contributed by atoms with van der Waals surface area (Å²) in [4.78, 5) is 15.9. The zero-order valence-corrected chi connectivity index (χ0v) is 13.2. The molecule has 1 N–H and O–H groups in total. The van der Waals surface area contributed by atoms with E-state index in [4.69, 9.17) is 16.3 Å². The van der Waals surface area contributed by atoms with Crippen molar-refractivity contribution in [1.29, 1.82) is 0 Å². The van der Waals surface area contributed by atoms with Crippen molar-refractivity contribution >= 4 is 23.8 Å². The predicted molar refractivity (Wildman–Crippen MR) is 87.8 cm³/mol. The third-order valence-electron chi connectivity index (χ3n) is 3.54. The first-order valence-electron chi connectivity index (χ1n) is 7.46. The molecule has 23 heavy (non-hydrogen) atoms. The molecule has 0 bridgehead atoms. The number of aromatic nitrogens is 3. The number of nitrogens with zero attached hydrogens (tertiary/aromatic N) is 3. The van der Waals surface area contributed by atoms with Crippen LogP contribution in [0.15, 0.2) is 36.7 Å². The van der Waals surface area contributed by atoms with E-state index in [-0.39, 0.29) is 6.04 Å². The van der Waals surface area contributed by atoms with E-state index < -0.39 is 5.97 Å². The van der Waals surface area contributed by atoms with Gasteiger partial charge in [0.1, 0.15) is 12.9 Å². The first-order valence-corrected chi connectivity index (χ1v) is 7.84. The predicted octanol–water partition coefficient (Wildman–Crippen LogP) is 2.36. The molecular weight excluding hydrogens is 316 g/mol. The van der Waals surface area contributed by atoms with E-state index in [2.05, 4.69) is 15.4 Å². The van der Waals surface area contributed by atoms with Crippen LogP contribution in [0.2, 0.25) is 5.02 Å². The Kier molecular flexibility index (Phi) is 5.05. The van der Waals surface area contributed by atoms with Gasteiger partial charge in [0, 0.05) is 28.9 Å². The van der Waals surface area contributed by atoms with E-state index in [9.17, 15) is 4.79 Å². The minimum atomic E-state index is -0.390. The van der Waals surface area contributed by atoms with Gasteiger partial charge in [0.05, 0.1) is 0 Å². The molecule has 0 radical (unpaired) electrons. The van der Waals surface area contributed by atoms with E-state index in [0.717, 1.165) is 24.9 Å². The SMILES string of the molecule is O=C(/C=C\n1cnc(-c2cccc(Cl)c2)n1)OCC1CCCN1. The quantitative estimate of drug-likeness (QED) is 0.672. The van der Waals surface area contributed by atoms with E-state index in [1.54, 1.807) is 12.1 Å². The van der Waals surface area contributed by atoms with Gasteiger partial charge in [-0.15, -0.1) is 5.10 Å². The van der Waals surface area contributed by atoms with Crippen LogP contribution in [0, 0.1) is 0 Å². The Morgan fingerprint density at radius 3 is 3.22 bits per heavy atom. The molecule has 0 saturated carbocycles. The first kappa shape index (κ1) is 15.7. The maximum Gasteiger partial charge on any atom is 0.332 e. The Balaban J connectivity index is 1.56. The maximum atomic E-state index is 11.7. The lowest BCUT2D eigenvalue weighted by atomic mass is 10.2. The largest absolute Gasteiger partial charge is 0.461 e. The normalized spacial score (nSPS) is 17.7. The average molecular weight is 333 g/mol. The molecule has 6 nitrogen and oxygen atoms in total. The highest BCUT2D eigenvalue weighted by Crippen LogP contribution is 2.18. The van der Waals surface area contributed by atoms with Gasteiger partial charge in [0.2, 0.25) is 0 Å². The molecule has 1 aromatic carbocycles. The topological polar surface area (TPSA) is 69.0 Å². The minimum Gasteiger partial charge on any atom is -0.461 e. The lowest BCUT2D eigenvalue weighted by molar-refractivity contribution is -0.138. The minimum absolute atomic E-state index is 0.271. The van der Waals surface area contributed by atoms with E-state index in [0.29, 0.717) is 17.5 Å². The van der Waals surface area contributed by atoms with Gasteiger partial charge in [-0.2, -0.15) is 0 Å². The average Bonchev–Trinajstić information content (AvgIpc) is 3.22. The number of nitrogens with one attached hydrogen (secondary N) is 1. The molecule has 120 valence electrons. The molecule has 0 aliphatic carbocycles. The van der Waals surface area contributed by atoms with Crippen molar-refractivity contribution in [2.75, 3.05) is 13.2 Å². The molecule has 3 rings (SSSR count). The summed E-state index contributed by atoms with van der Waals surface area (Å²) in [5, 5.41) is 8.17. The van der Waals surface area contributed by atoms with Crippen molar-refractivity contribution in [1.82, 2.24) is 20.1 Å². The van der Waals surface area contributed by atoms with Crippen LogP contribution < -0.4 is 5.32 Å². The zero-order valence-electron chi connectivity index (χ0n) is 12.5. The lowest BCUT2D eigenvalue weighted by Gasteiger charge is -2.08. The van der Waals surface area contributed by atoms with Gasteiger partial charge in [-0.3, -0.25) is 0 Å². The fraction of sp³-hybridized carbons (Fsp3) is 0.312. The first-order chi connectivity index (χ1) is 11.2. The number of benzene rings is 1. The monoisotopic (exact) mass is 332 g/mol. The molecule has 1 saturated heterocycles. The molecule has 1 fully saturated rings. The molecule has 0 amide bonds. The van der Waals surface area contributed by atoms with Crippen LogP contribution in [0.5, 0.6) is 0 Å². The molecule has 1 atom stereocenters. The van der Waals surface area contributed by atoms with Crippen LogP contribution in [0.25, 0.3) is 17.6 Å². The molecule has 0 spiro atoms. The van der Waals surface area contributed by atoms with Crippen molar-refractivity contribution in [3.05, 3.63) is 41.7 Å². The second-order valence-electron chi connectivity index (χ2n) is 5.30. The van der Waals surface area contributed by atoms with Crippen molar-refractivity contribution in [3.63, 3.8) is 0 Å². The smallest absolute Gasteiger partial charge is 0.332 e. The Morgan fingerprint density at radius 2 is 2.43 bits per heavy atom. The van der Waals surface area contributed by atoms with Crippen LogP contribution in [0.1, 0.15) is 12.8 Å². The van der Waals surface area contributed by atoms with Crippen molar-refractivity contribution in [2.24, 2.45) is 0 Å². The van der Waals surface area contributed by atoms with E-state index in [1.807, 2.05) is 12.1 Å². The van der Waals surface area contributed by atoms with Gasteiger partial charge in [-0.1, -0.05) is 23.7 Å². The van der Waals surface area contributed by atoms with Crippen molar-refractivity contribution < 1.29 is 9.53 Å². The Morgan fingerprint density at radius 1 is 1.52 bits per heavy atom. The second-order valence-corrected chi connectivity index (χ2v) is 5.73. The molecule has 1 aromatic heterocycles. The van der Waals surface area contributed by atoms with Crippen LogP contribution in [0.3, 0.4) is 0 Å². The number of ether oxygens (including phenoxy) is 1. The number of hydrogen-bond donors (Lipinski definition) is 1. The van der Waals surface area contributed by atoms with Crippen molar-refractivity contribution in [2.45, 2.75) is 18.9 Å². The van der Waals surface area contributed by atoms with Gasteiger partial charge in [-0.25, -0.2) is 14.5 Å². The van der Waals surface area contributed by atoms with Crippen LogP contribution in [0.4, 0.5) is 0 Å². The molecule has 2 heterocycles. The number of rotatable bonds is 5. The molecule has 7 heteroatoms. The number of halogens is 1. The summed E-state index contributed by atoms with van der Waals surface area (Å²) in [5.41, 5.74) is 0.819. The fourth-order valence-electron chi connectivity index (χ4n) is 2.37. The van der Waals surface area contributed by atoms with Gasteiger partial charge in [0.25, 0.3) is 0 Å². The van der Waals surface area contributed by atoms with Crippen molar-refractivity contribution in [3.8, 4) is 11.4 Å². The summed E-state index contributed by atoms with van der Waals surface area (Å²) in [6.07, 6.45) is 6.56. The summed E-state index contributed by atoms with van der Waals surface area (Å²) < 4.78 is 6.65. The highest BCUT2D eigenvalue weighted by atomic mass is 35.5. The summed E-state index contributed by atoms with van der Waals surface area (Å²) in [6.45, 7) is 1.39. The van der Waals surface area contributed by atoms with E-state index >= 15 is 0 Å². The molecule has 1 aliphatic heterocycles. The Bertz CT molecular complexity index is 708. The standard InChI is InChI=1S/C16H17ClN4O2/c17-13-4-1-3-12(9-13)16-19-11-21(20-16)8-6-15(22)23-10-14-5-2-7-18-14/h1,3-4,6,8-9,11,14,18H,2,5,7,10H2/b8-6-. The summed E-state index contributed by atoms with van der Waals surface area (Å²) in [6, 6.07) is 7.55. The van der Waals surface area contributed by atoms with Crippen LogP contribution in [-0.4, -0.2) is 39.9 Å². The second kappa shape index (κ2) is 7.39. The van der Waals surface area contributed by atoms with Crippen LogP contribution >= 0.6 is 11.6 Å². The van der Waals surface area contributed by atoms with Gasteiger partial charge in [0.15, 0.2) is 5.82 Å². The maximum absolute atomic E-state index is 11.7. The van der Waals surface area contributed by atoms with Gasteiger partial charge < -0.3 is 10.1 Å². The molecular formula is C16H17ClN4O2. The Hall–Kier alpha value is -2.18. The van der Waals surface area contributed by atoms with E-state index in [1.165, 1.54) is 23.3 Å². The highest BCUT2D eigenvalue weighted by molar-refractivity contribution is 6.30. The zero-order chi connectivity index (χ0) is 16.1. The lowest BCUT2D eigenvalue weighted by Crippen LogP contribution is -2.27. The molecule has 2 aromatic rings. The molecule has 1 unspecified atom stereocenters. The summed E-state index contributed by atoms with van der Waals surface area (Å²) in [5.74, 6) is 0.152. The molecule has 1 aliphatic rings. The fourth-order valence-corrected chi connectivity index (χ4v) is 2.56. The third kappa shape index (κ3) is 4.40. The van der Waals surface area contributed by atoms with Gasteiger partial charge >= 0.3 is 5.97 Å². The highest BCUT2D eigenvalue weighted by Gasteiger charge is 2.15.